The summed E-state index contributed by atoms with van der Waals surface area (Å²) >= 11 is 0. The number of hydrogen-bond acceptors (Lipinski definition) is 3. The summed E-state index contributed by atoms with van der Waals surface area (Å²) in [6, 6.07) is 3.98. The van der Waals surface area contributed by atoms with Crippen LogP contribution in [0.3, 0.4) is 0 Å². The van der Waals surface area contributed by atoms with Gasteiger partial charge in [0.25, 0.3) is 0 Å². The minimum atomic E-state index is -1.28. The van der Waals surface area contributed by atoms with Crippen LogP contribution < -0.4 is 5.73 Å². The third-order valence-corrected chi connectivity index (χ3v) is 2.30. The van der Waals surface area contributed by atoms with Gasteiger partial charge in [0.15, 0.2) is 0 Å². The zero-order chi connectivity index (χ0) is 12.3. The molecule has 0 saturated heterocycles. The number of primary amides is 1. The largest absolute Gasteiger partial charge is 0.390 e. The summed E-state index contributed by atoms with van der Waals surface area (Å²) in [5.41, 5.74) is 5.61. The van der Waals surface area contributed by atoms with Gasteiger partial charge in [0.05, 0.1) is 12.5 Å². The maximum Gasteiger partial charge on any atom is 0.220 e. The van der Waals surface area contributed by atoms with Crippen molar-refractivity contribution >= 4 is 5.91 Å². The number of halogens is 1. The third-order valence-electron chi connectivity index (χ3n) is 2.30. The molecule has 0 aromatic heterocycles. The first kappa shape index (κ1) is 12.6. The first-order valence-electron chi connectivity index (χ1n) is 4.82. The van der Waals surface area contributed by atoms with Crippen LogP contribution in [0.4, 0.5) is 4.39 Å². The second-order valence-electron chi connectivity index (χ2n) is 3.69. The Morgan fingerprint density at radius 3 is 2.62 bits per heavy atom. The monoisotopic (exact) mass is 227 g/mol. The fourth-order valence-corrected chi connectivity index (χ4v) is 1.39. The van der Waals surface area contributed by atoms with Crippen LogP contribution in [-0.4, -0.2) is 22.2 Å². The number of aliphatic hydroxyl groups is 2. The lowest BCUT2D eigenvalue weighted by atomic mass is 10.00. The van der Waals surface area contributed by atoms with Gasteiger partial charge >= 0.3 is 0 Å². The van der Waals surface area contributed by atoms with E-state index in [0.717, 1.165) is 0 Å². The molecule has 0 spiro atoms. The number of carbonyl (C=O) groups is 1. The van der Waals surface area contributed by atoms with Crippen molar-refractivity contribution in [1.29, 1.82) is 0 Å². The van der Waals surface area contributed by atoms with Crippen LogP contribution >= 0.6 is 0 Å². The lowest BCUT2D eigenvalue weighted by Crippen LogP contribution is -2.25. The molecule has 0 heterocycles. The van der Waals surface area contributed by atoms with Crippen LogP contribution in [0.25, 0.3) is 0 Å². The summed E-state index contributed by atoms with van der Waals surface area (Å²) < 4.78 is 13.0. The Bertz CT molecular complexity index is 395. The zero-order valence-corrected chi connectivity index (χ0v) is 8.85. The van der Waals surface area contributed by atoms with E-state index in [1.165, 1.54) is 18.2 Å². The van der Waals surface area contributed by atoms with Crippen molar-refractivity contribution in [2.24, 2.45) is 5.73 Å². The number of rotatable bonds is 4. The van der Waals surface area contributed by atoms with E-state index >= 15 is 0 Å². The number of hydrogen-bond donors (Lipinski definition) is 3. The first-order chi connectivity index (χ1) is 7.41. The van der Waals surface area contributed by atoms with Gasteiger partial charge < -0.3 is 15.9 Å². The molecule has 0 aliphatic rings. The van der Waals surface area contributed by atoms with E-state index in [2.05, 4.69) is 0 Å². The standard InChI is InChI=1S/C11H14FNO3/c1-6-4-7(2-3-8(6)12)11(16)9(14)5-10(13)15/h2-4,9,11,14,16H,5H2,1H3,(H2,13,15). The molecule has 16 heavy (non-hydrogen) atoms. The summed E-state index contributed by atoms with van der Waals surface area (Å²) in [5.74, 6) is -1.09. The van der Waals surface area contributed by atoms with Crippen molar-refractivity contribution in [3.63, 3.8) is 0 Å². The number of amides is 1. The molecule has 5 heteroatoms. The lowest BCUT2D eigenvalue weighted by molar-refractivity contribution is -0.121. The lowest BCUT2D eigenvalue weighted by Gasteiger charge is -2.17. The van der Waals surface area contributed by atoms with Crippen LogP contribution in [0, 0.1) is 12.7 Å². The topological polar surface area (TPSA) is 83.6 Å². The van der Waals surface area contributed by atoms with Gasteiger partial charge in [0.1, 0.15) is 11.9 Å². The Morgan fingerprint density at radius 2 is 2.12 bits per heavy atom. The molecule has 4 N–H and O–H groups in total. The summed E-state index contributed by atoms with van der Waals surface area (Å²) in [5, 5.41) is 19.1. The fourth-order valence-electron chi connectivity index (χ4n) is 1.39. The third kappa shape index (κ3) is 3.01. The van der Waals surface area contributed by atoms with Gasteiger partial charge in [-0.25, -0.2) is 4.39 Å². The number of nitrogens with two attached hydrogens (primary N) is 1. The minimum Gasteiger partial charge on any atom is -0.390 e. The van der Waals surface area contributed by atoms with E-state index in [1.807, 2.05) is 0 Å². The van der Waals surface area contributed by atoms with Crippen molar-refractivity contribution in [3.05, 3.63) is 35.1 Å². The average molecular weight is 227 g/mol. The number of aryl methyl sites for hydroxylation is 1. The maximum atomic E-state index is 13.0. The van der Waals surface area contributed by atoms with Crippen LogP contribution in [0.2, 0.25) is 0 Å². The van der Waals surface area contributed by atoms with Gasteiger partial charge in [-0.2, -0.15) is 0 Å². The molecule has 4 nitrogen and oxygen atoms in total. The molecule has 1 rings (SSSR count). The Balaban J connectivity index is 2.83. The number of carbonyl (C=O) groups excluding carboxylic acids is 1. The Morgan fingerprint density at radius 1 is 1.50 bits per heavy atom. The smallest absolute Gasteiger partial charge is 0.220 e. The summed E-state index contributed by atoms with van der Waals surface area (Å²) in [6.07, 6.45) is -2.86. The molecule has 2 atom stereocenters. The van der Waals surface area contributed by atoms with E-state index in [4.69, 9.17) is 5.73 Å². The van der Waals surface area contributed by atoms with Gasteiger partial charge in [0, 0.05) is 0 Å². The van der Waals surface area contributed by atoms with Crippen LogP contribution in [0.15, 0.2) is 18.2 Å². The highest BCUT2D eigenvalue weighted by Gasteiger charge is 2.20. The maximum absolute atomic E-state index is 13.0. The Kier molecular flexibility index (Phi) is 3.98. The zero-order valence-electron chi connectivity index (χ0n) is 8.85. The van der Waals surface area contributed by atoms with Gasteiger partial charge in [-0.3, -0.25) is 4.79 Å². The molecule has 1 amide bonds. The van der Waals surface area contributed by atoms with E-state index in [1.54, 1.807) is 6.92 Å². The molecule has 1 aromatic carbocycles. The van der Waals surface area contributed by atoms with Crippen molar-refractivity contribution in [1.82, 2.24) is 0 Å². The van der Waals surface area contributed by atoms with Crippen molar-refractivity contribution in [2.45, 2.75) is 25.6 Å². The van der Waals surface area contributed by atoms with Crippen LogP contribution in [0.5, 0.6) is 0 Å². The highest BCUT2D eigenvalue weighted by molar-refractivity contribution is 5.74. The molecular weight excluding hydrogens is 213 g/mol. The molecule has 0 bridgehead atoms. The molecule has 88 valence electrons. The van der Waals surface area contributed by atoms with Gasteiger partial charge in [-0.15, -0.1) is 0 Å². The quantitative estimate of drug-likeness (QED) is 0.696. The second kappa shape index (κ2) is 5.05. The highest BCUT2D eigenvalue weighted by atomic mass is 19.1. The number of aliphatic hydroxyl groups excluding tert-OH is 2. The van der Waals surface area contributed by atoms with E-state index in [9.17, 15) is 19.4 Å². The van der Waals surface area contributed by atoms with E-state index < -0.39 is 18.1 Å². The van der Waals surface area contributed by atoms with Crippen LogP contribution in [-0.2, 0) is 4.79 Å². The molecule has 1 aromatic rings. The molecular formula is C11H14FNO3. The van der Waals surface area contributed by atoms with Gasteiger partial charge in [-0.05, 0) is 24.1 Å². The van der Waals surface area contributed by atoms with Crippen molar-refractivity contribution in [3.8, 4) is 0 Å². The molecule has 0 aliphatic carbocycles. The molecule has 2 unspecified atom stereocenters. The first-order valence-corrected chi connectivity index (χ1v) is 4.82. The predicted molar refractivity (Wildman–Crippen MR) is 55.9 cm³/mol. The number of benzene rings is 1. The Labute approximate surface area is 92.5 Å². The fraction of sp³-hybridized carbons (Fsp3) is 0.364. The van der Waals surface area contributed by atoms with Crippen molar-refractivity contribution in [2.75, 3.05) is 0 Å². The van der Waals surface area contributed by atoms with E-state index in [-0.39, 0.29) is 12.2 Å². The average Bonchev–Trinajstić information content (AvgIpc) is 2.20. The summed E-state index contributed by atoms with van der Waals surface area (Å²) in [4.78, 5) is 10.6. The molecule has 0 radical (unpaired) electrons. The summed E-state index contributed by atoms with van der Waals surface area (Å²) in [6.45, 7) is 1.55. The predicted octanol–water partition coefficient (Wildman–Crippen LogP) is 0.404. The highest BCUT2D eigenvalue weighted by Crippen LogP contribution is 2.21. The molecule has 0 saturated carbocycles. The normalized spacial score (nSPS) is 14.5. The van der Waals surface area contributed by atoms with Crippen molar-refractivity contribution < 1.29 is 19.4 Å². The Hall–Kier alpha value is -1.46. The SMILES string of the molecule is Cc1cc(C(O)C(O)CC(N)=O)ccc1F. The molecule has 0 fully saturated rings. The minimum absolute atomic E-state index is 0.336. The van der Waals surface area contributed by atoms with E-state index in [0.29, 0.717) is 11.1 Å². The van der Waals surface area contributed by atoms with Gasteiger partial charge in [0.2, 0.25) is 5.91 Å². The van der Waals surface area contributed by atoms with Gasteiger partial charge in [-0.1, -0.05) is 12.1 Å². The summed E-state index contributed by atoms with van der Waals surface area (Å²) in [7, 11) is 0. The van der Waals surface area contributed by atoms with Crippen LogP contribution in [0.1, 0.15) is 23.7 Å². The second-order valence-corrected chi connectivity index (χ2v) is 3.69. The molecule has 0 aliphatic heterocycles.